The quantitative estimate of drug-likeness (QED) is 0.776. The average molecular weight is 218 g/mol. The molecule has 1 aromatic carbocycles. The van der Waals surface area contributed by atoms with Gasteiger partial charge in [-0.05, 0) is 12.5 Å². The molecule has 3 N–H and O–H groups in total. The second kappa shape index (κ2) is 3.91. The van der Waals surface area contributed by atoms with Gasteiger partial charge in [0.15, 0.2) is 0 Å². The van der Waals surface area contributed by atoms with Crippen LogP contribution in [0.4, 0.5) is 0 Å². The average Bonchev–Trinajstić information content (AvgIpc) is 2.62. The van der Waals surface area contributed by atoms with Crippen LogP contribution in [0.15, 0.2) is 24.3 Å². The van der Waals surface area contributed by atoms with Gasteiger partial charge in [-0.2, -0.15) is 0 Å². The highest BCUT2D eigenvalue weighted by atomic mass is 16.1. The van der Waals surface area contributed by atoms with Crippen molar-refractivity contribution >= 4 is 5.91 Å². The van der Waals surface area contributed by atoms with E-state index in [4.69, 9.17) is 5.73 Å². The van der Waals surface area contributed by atoms with Gasteiger partial charge in [0.05, 0.1) is 5.92 Å². The Hall–Kier alpha value is -1.35. The number of hydrogen-bond donors (Lipinski definition) is 2. The minimum Gasteiger partial charge on any atom is -0.369 e. The molecule has 0 bridgehead atoms. The van der Waals surface area contributed by atoms with Crippen LogP contribution in [-0.2, 0) is 10.2 Å². The SMILES string of the molecule is Cc1ccc(C2(C)CNCC2C(N)=O)cc1. The summed E-state index contributed by atoms with van der Waals surface area (Å²) in [6.45, 7) is 5.65. The molecule has 2 rings (SSSR count). The highest BCUT2D eigenvalue weighted by Crippen LogP contribution is 2.35. The second-order valence-corrected chi connectivity index (χ2v) is 4.87. The third-order valence-corrected chi connectivity index (χ3v) is 3.66. The summed E-state index contributed by atoms with van der Waals surface area (Å²) < 4.78 is 0. The van der Waals surface area contributed by atoms with Crippen LogP contribution in [-0.4, -0.2) is 19.0 Å². The molecule has 16 heavy (non-hydrogen) atoms. The lowest BCUT2D eigenvalue weighted by atomic mass is 9.74. The minimum absolute atomic E-state index is 0.116. The van der Waals surface area contributed by atoms with Crippen LogP contribution in [0.3, 0.4) is 0 Å². The molecule has 0 spiro atoms. The maximum atomic E-state index is 11.4. The fraction of sp³-hybridized carbons (Fsp3) is 0.462. The summed E-state index contributed by atoms with van der Waals surface area (Å²) in [4.78, 5) is 11.4. The Labute approximate surface area is 96.0 Å². The molecule has 1 aliphatic heterocycles. The lowest BCUT2D eigenvalue weighted by molar-refractivity contribution is -0.122. The zero-order chi connectivity index (χ0) is 11.8. The molecule has 0 radical (unpaired) electrons. The Morgan fingerprint density at radius 2 is 2.06 bits per heavy atom. The lowest BCUT2D eigenvalue weighted by Crippen LogP contribution is -2.39. The fourth-order valence-corrected chi connectivity index (χ4v) is 2.48. The number of amides is 1. The zero-order valence-corrected chi connectivity index (χ0v) is 9.79. The zero-order valence-electron chi connectivity index (χ0n) is 9.79. The summed E-state index contributed by atoms with van der Waals surface area (Å²) in [5.41, 5.74) is 7.71. The molecule has 1 saturated heterocycles. The van der Waals surface area contributed by atoms with Crippen molar-refractivity contribution in [1.29, 1.82) is 0 Å². The normalized spacial score (nSPS) is 29.2. The maximum Gasteiger partial charge on any atom is 0.222 e. The Kier molecular flexibility index (Phi) is 2.72. The third kappa shape index (κ3) is 1.71. The second-order valence-electron chi connectivity index (χ2n) is 4.87. The molecular formula is C13H18N2O. The molecule has 1 aromatic rings. The van der Waals surface area contributed by atoms with Gasteiger partial charge in [0.25, 0.3) is 0 Å². The Bertz CT molecular complexity index is 399. The van der Waals surface area contributed by atoms with Crippen LogP contribution in [0.2, 0.25) is 0 Å². The van der Waals surface area contributed by atoms with E-state index in [9.17, 15) is 4.79 Å². The summed E-state index contributed by atoms with van der Waals surface area (Å²) in [5.74, 6) is -0.330. The first kappa shape index (κ1) is 11.1. The number of benzene rings is 1. The minimum atomic E-state index is -0.215. The summed E-state index contributed by atoms with van der Waals surface area (Å²) in [7, 11) is 0. The molecule has 0 aromatic heterocycles. The Morgan fingerprint density at radius 3 is 2.62 bits per heavy atom. The summed E-state index contributed by atoms with van der Waals surface area (Å²) >= 11 is 0. The van der Waals surface area contributed by atoms with Crippen molar-refractivity contribution in [3.8, 4) is 0 Å². The van der Waals surface area contributed by atoms with Crippen molar-refractivity contribution in [2.45, 2.75) is 19.3 Å². The number of rotatable bonds is 2. The molecule has 0 saturated carbocycles. The number of primary amides is 1. The highest BCUT2D eigenvalue weighted by molar-refractivity contribution is 5.79. The molecule has 2 unspecified atom stereocenters. The first-order valence-electron chi connectivity index (χ1n) is 5.61. The molecule has 2 atom stereocenters. The maximum absolute atomic E-state index is 11.4. The summed E-state index contributed by atoms with van der Waals surface area (Å²) in [6, 6.07) is 8.35. The number of carbonyl (C=O) groups excluding carboxylic acids is 1. The monoisotopic (exact) mass is 218 g/mol. The van der Waals surface area contributed by atoms with Gasteiger partial charge in [-0.1, -0.05) is 36.8 Å². The number of nitrogens with one attached hydrogen (secondary N) is 1. The van der Waals surface area contributed by atoms with Gasteiger partial charge in [-0.25, -0.2) is 0 Å². The van der Waals surface area contributed by atoms with Gasteiger partial charge < -0.3 is 11.1 Å². The van der Waals surface area contributed by atoms with Crippen LogP contribution >= 0.6 is 0 Å². The van der Waals surface area contributed by atoms with Crippen LogP contribution in [0.1, 0.15) is 18.1 Å². The van der Waals surface area contributed by atoms with Gasteiger partial charge in [0, 0.05) is 18.5 Å². The van der Waals surface area contributed by atoms with Crippen molar-refractivity contribution in [3.63, 3.8) is 0 Å². The van der Waals surface area contributed by atoms with Crippen molar-refractivity contribution in [3.05, 3.63) is 35.4 Å². The van der Waals surface area contributed by atoms with E-state index in [1.54, 1.807) is 0 Å². The molecule has 3 heteroatoms. The lowest BCUT2D eigenvalue weighted by Gasteiger charge is -2.29. The van der Waals surface area contributed by atoms with E-state index in [-0.39, 0.29) is 17.2 Å². The highest BCUT2D eigenvalue weighted by Gasteiger charge is 2.43. The summed E-state index contributed by atoms with van der Waals surface area (Å²) in [6.07, 6.45) is 0. The third-order valence-electron chi connectivity index (χ3n) is 3.66. The number of hydrogen-bond acceptors (Lipinski definition) is 2. The Morgan fingerprint density at radius 1 is 1.44 bits per heavy atom. The molecule has 1 amide bonds. The fourth-order valence-electron chi connectivity index (χ4n) is 2.48. The predicted octanol–water partition coefficient (Wildman–Crippen LogP) is 0.957. The van der Waals surface area contributed by atoms with Crippen molar-refractivity contribution in [1.82, 2.24) is 5.32 Å². The van der Waals surface area contributed by atoms with Crippen LogP contribution < -0.4 is 11.1 Å². The first-order valence-corrected chi connectivity index (χ1v) is 5.61. The molecule has 1 heterocycles. The smallest absolute Gasteiger partial charge is 0.222 e. The largest absolute Gasteiger partial charge is 0.369 e. The molecule has 1 aliphatic rings. The van der Waals surface area contributed by atoms with E-state index in [2.05, 4.69) is 43.4 Å². The molecular weight excluding hydrogens is 200 g/mol. The van der Waals surface area contributed by atoms with Crippen LogP contribution in [0.25, 0.3) is 0 Å². The van der Waals surface area contributed by atoms with E-state index >= 15 is 0 Å². The number of nitrogens with two attached hydrogens (primary N) is 1. The van der Waals surface area contributed by atoms with Gasteiger partial charge in [0.2, 0.25) is 5.91 Å². The van der Waals surface area contributed by atoms with Crippen molar-refractivity contribution in [2.24, 2.45) is 11.7 Å². The summed E-state index contributed by atoms with van der Waals surface area (Å²) in [5, 5.41) is 3.26. The predicted molar refractivity (Wildman–Crippen MR) is 64.1 cm³/mol. The van der Waals surface area contributed by atoms with Gasteiger partial charge in [0.1, 0.15) is 0 Å². The van der Waals surface area contributed by atoms with E-state index in [1.165, 1.54) is 11.1 Å². The Balaban J connectivity index is 2.37. The topological polar surface area (TPSA) is 55.1 Å². The van der Waals surface area contributed by atoms with Crippen molar-refractivity contribution < 1.29 is 4.79 Å². The molecule has 3 nitrogen and oxygen atoms in total. The molecule has 0 aliphatic carbocycles. The molecule has 1 fully saturated rings. The van der Waals surface area contributed by atoms with Gasteiger partial charge in [-0.3, -0.25) is 4.79 Å². The number of aryl methyl sites for hydroxylation is 1. The van der Waals surface area contributed by atoms with E-state index < -0.39 is 0 Å². The van der Waals surface area contributed by atoms with Crippen molar-refractivity contribution in [2.75, 3.05) is 13.1 Å². The van der Waals surface area contributed by atoms with Crippen LogP contribution in [0.5, 0.6) is 0 Å². The standard InChI is InChI=1S/C13H18N2O/c1-9-3-5-10(6-4-9)13(2)8-15-7-11(13)12(14)16/h3-6,11,15H,7-8H2,1-2H3,(H2,14,16). The van der Waals surface area contributed by atoms with E-state index in [1.807, 2.05) is 0 Å². The van der Waals surface area contributed by atoms with E-state index in [0.717, 1.165) is 6.54 Å². The molecule has 86 valence electrons. The first-order chi connectivity index (χ1) is 7.54. The van der Waals surface area contributed by atoms with Crippen LogP contribution in [0, 0.1) is 12.8 Å². The van der Waals surface area contributed by atoms with Gasteiger partial charge in [-0.15, -0.1) is 0 Å². The van der Waals surface area contributed by atoms with E-state index in [0.29, 0.717) is 6.54 Å². The number of carbonyl (C=O) groups is 1. The van der Waals surface area contributed by atoms with Gasteiger partial charge >= 0.3 is 0 Å².